The molecular formula is C11H22N2O2. The molecule has 1 rings (SSSR count). The average Bonchev–Trinajstić information content (AvgIpc) is 2.26. The van der Waals surface area contributed by atoms with Gasteiger partial charge in [0.15, 0.2) is 0 Å². The highest BCUT2D eigenvalue weighted by molar-refractivity contribution is 5.82. The SMILES string of the molecule is CCCN1CC(C)CN(C)C(CO)C1=O. The highest BCUT2D eigenvalue weighted by Crippen LogP contribution is 2.14. The molecule has 88 valence electrons. The molecule has 15 heavy (non-hydrogen) atoms. The topological polar surface area (TPSA) is 43.8 Å². The summed E-state index contributed by atoms with van der Waals surface area (Å²) in [6.45, 7) is 6.62. The molecule has 1 aliphatic heterocycles. The second-order valence-corrected chi connectivity index (χ2v) is 4.53. The molecule has 1 amide bonds. The highest BCUT2D eigenvalue weighted by Gasteiger charge is 2.31. The quantitative estimate of drug-likeness (QED) is 0.728. The molecule has 1 aliphatic rings. The third kappa shape index (κ3) is 2.92. The molecule has 0 aromatic heterocycles. The van der Waals surface area contributed by atoms with Crippen molar-refractivity contribution in [2.24, 2.45) is 5.92 Å². The zero-order valence-corrected chi connectivity index (χ0v) is 9.94. The van der Waals surface area contributed by atoms with Crippen LogP contribution in [0, 0.1) is 5.92 Å². The first-order valence-electron chi connectivity index (χ1n) is 5.70. The van der Waals surface area contributed by atoms with Gasteiger partial charge in [0.25, 0.3) is 0 Å². The van der Waals surface area contributed by atoms with Crippen molar-refractivity contribution < 1.29 is 9.90 Å². The Labute approximate surface area is 91.9 Å². The fraction of sp³-hybridized carbons (Fsp3) is 0.909. The van der Waals surface area contributed by atoms with Crippen LogP contribution in [0.15, 0.2) is 0 Å². The predicted molar refractivity (Wildman–Crippen MR) is 59.5 cm³/mol. The van der Waals surface area contributed by atoms with Crippen LogP contribution in [0.3, 0.4) is 0 Å². The number of aliphatic hydroxyl groups is 1. The zero-order chi connectivity index (χ0) is 11.4. The number of carbonyl (C=O) groups is 1. The van der Waals surface area contributed by atoms with Crippen molar-refractivity contribution in [2.75, 3.05) is 33.3 Å². The Balaban J connectivity index is 2.77. The first-order valence-corrected chi connectivity index (χ1v) is 5.70. The first kappa shape index (κ1) is 12.5. The van der Waals surface area contributed by atoms with Crippen LogP contribution in [0.5, 0.6) is 0 Å². The van der Waals surface area contributed by atoms with Gasteiger partial charge in [0.2, 0.25) is 5.91 Å². The standard InChI is InChI=1S/C11H22N2O2/c1-4-5-13-7-9(2)6-12(3)10(8-14)11(13)15/h9-10,14H,4-8H2,1-3H3. The predicted octanol–water partition coefficient (Wildman–Crippen LogP) is 0.167. The molecule has 2 unspecified atom stereocenters. The van der Waals surface area contributed by atoms with Crippen molar-refractivity contribution in [3.8, 4) is 0 Å². The van der Waals surface area contributed by atoms with Crippen molar-refractivity contribution in [3.63, 3.8) is 0 Å². The van der Waals surface area contributed by atoms with Crippen LogP contribution in [0.4, 0.5) is 0 Å². The molecule has 4 nitrogen and oxygen atoms in total. The van der Waals surface area contributed by atoms with Gasteiger partial charge in [-0.3, -0.25) is 9.69 Å². The summed E-state index contributed by atoms with van der Waals surface area (Å²) in [5.74, 6) is 0.549. The summed E-state index contributed by atoms with van der Waals surface area (Å²) >= 11 is 0. The Morgan fingerprint density at radius 1 is 1.47 bits per heavy atom. The molecule has 1 heterocycles. The molecular weight excluding hydrogens is 192 g/mol. The molecule has 0 bridgehead atoms. The summed E-state index contributed by atoms with van der Waals surface area (Å²) in [4.78, 5) is 15.9. The van der Waals surface area contributed by atoms with Crippen molar-refractivity contribution in [1.82, 2.24) is 9.80 Å². The van der Waals surface area contributed by atoms with Crippen LogP contribution < -0.4 is 0 Å². The van der Waals surface area contributed by atoms with E-state index in [0.29, 0.717) is 5.92 Å². The maximum absolute atomic E-state index is 12.0. The maximum atomic E-state index is 12.0. The van der Waals surface area contributed by atoms with Gasteiger partial charge in [-0.15, -0.1) is 0 Å². The van der Waals surface area contributed by atoms with Crippen LogP contribution in [-0.4, -0.2) is 60.1 Å². The maximum Gasteiger partial charge on any atom is 0.242 e. The van der Waals surface area contributed by atoms with E-state index in [9.17, 15) is 9.90 Å². The lowest BCUT2D eigenvalue weighted by molar-refractivity contribution is -0.136. The molecule has 0 radical (unpaired) electrons. The van der Waals surface area contributed by atoms with E-state index in [0.717, 1.165) is 26.1 Å². The molecule has 0 aliphatic carbocycles. The lowest BCUT2D eigenvalue weighted by Gasteiger charge is -2.26. The minimum Gasteiger partial charge on any atom is -0.394 e. The van der Waals surface area contributed by atoms with Gasteiger partial charge in [0, 0.05) is 19.6 Å². The van der Waals surface area contributed by atoms with Gasteiger partial charge in [-0.2, -0.15) is 0 Å². The Morgan fingerprint density at radius 2 is 2.13 bits per heavy atom. The second-order valence-electron chi connectivity index (χ2n) is 4.53. The van der Waals surface area contributed by atoms with Gasteiger partial charge < -0.3 is 10.0 Å². The molecule has 2 atom stereocenters. The van der Waals surface area contributed by atoms with Crippen molar-refractivity contribution in [3.05, 3.63) is 0 Å². The number of rotatable bonds is 3. The Hall–Kier alpha value is -0.610. The van der Waals surface area contributed by atoms with Gasteiger partial charge >= 0.3 is 0 Å². The van der Waals surface area contributed by atoms with E-state index in [-0.39, 0.29) is 18.6 Å². The smallest absolute Gasteiger partial charge is 0.242 e. The monoisotopic (exact) mass is 214 g/mol. The molecule has 1 saturated heterocycles. The minimum atomic E-state index is -0.346. The average molecular weight is 214 g/mol. The number of likely N-dealkylation sites (N-methyl/N-ethyl adjacent to an activating group) is 1. The summed E-state index contributed by atoms with van der Waals surface area (Å²) in [6.07, 6.45) is 0.973. The fourth-order valence-corrected chi connectivity index (χ4v) is 2.23. The van der Waals surface area contributed by atoms with Crippen LogP contribution in [-0.2, 0) is 4.79 Å². The number of carbonyl (C=O) groups excluding carboxylic acids is 1. The molecule has 0 aromatic carbocycles. The minimum absolute atomic E-state index is 0.0752. The normalized spacial score (nSPS) is 29.3. The van der Waals surface area contributed by atoms with E-state index in [1.807, 2.05) is 16.8 Å². The number of aliphatic hydroxyl groups excluding tert-OH is 1. The molecule has 0 spiro atoms. The molecule has 1 fully saturated rings. The van der Waals surface area contributed by atoms with Gasteiger partial charge in [-0.25, -0.2) is 0 Å². The van der Waals surface area contributed by atoms with E-state index in [4.69, 9.17) is 0 Å². The van der Waals surface area contributed by atoms with Crippen LogP contribution >= 0.6 is 0 Å². The van der Waals surface area contributed by atoms with E-state index >= 15 is 0 Å². The van der Waals surface area contributed by atoms with Crippen molar-refractivity contribution in [1.29, 1.82) is 0 Å². The zero-order valence-electron chi connectivity index (χ0n) is 9.94. The summed E-state index contributed by atoms with van der Waals surface area (Å²) in [7, 11) is 1.91. The lowest BCUT2D eigenvalue weighted by atomic mass is 10.1. The van der Waals surface area contributed by atoms with Crippen LogP contribution in [0.1, 0.15) is 20.3 Å². The fourth-order valence-electron chi connectivity index (χ4n) is 2.23. The summed E-state index contributed by atoms with van der Waals surface area (Å²) in [5, 5.41) is 9.24. The summed E-state index contributed by atoms with van der Waals surface area (Å²) < 4.78 is 0. The summed E-state index contributed by atoms with van der Waals surface area (Å²) in [5.41, 5.74) is 0. The van der Waals surface area contributed by atoms with Crippen LogP contribution in [0.25, 0.3) is 0 Å². The van der Waals surface area contributed by atoms with Gasteiger partial charge in [-0.05, 0) is 19.4 Å². The Bertz CT molecular complexity index is 221. The largest absolute Gasteiger partial charge is 0.394 e. The number of hydrogen-bond acceptors (Lipinski definition) is 3. The van der Waals surface area contributed by atoms with E-state index in [1.165, 1.54) is 0 Å². The van der Waals surface area contributed by atoms with Crippen molar-refractivity contribution >= 4 is 5.91 Å². The van der Waals surface area contributed by atoms with E-state index in [2.05, 4.69) is 13.8 Å². The number of amides is 1. The third-order valence-corrected chi connectivity index (χ3v) is 2.93. The lowest BCUT2D eigenvalue weighted by Crippen LogP contribution is -2.46. The third-order valence-electron chi connectivity index (χ3n) is 2.93. The van der Waals surface area contributed by atoms with E-state index < -0.39 is 0 Å². The van der Waals surface area contributed by atoms with Gasteiger partial charge in [-0.1, -0.05) is 13.8 Å². The Morgan fingerprint density at radius 3 is 2.67 bits per heavy atom. The molecule has 4 heteroatoms. The van der Waals surface area contributed by atoms with Crippen LogP contribution in [0.2, 0.25) is 0 Å². The molecule has 1 N–H and O–H groups in total. The van der Waals surface area contributed by atoms with E-state index in [1.54, 1.807) is 0 Å². The molecule has 0 saturated carbocycles. The van der Waals surface area contributed by atoms with Gasteiger partial charge in [0.05, 0.1) is 6.61 Å². The second kappa shape index (κ2) is 5.47. The Kier molecular flexibility index (Phi) is 4.54. The first-order chi connectivity index (χ1) is 7.10. The summed E-state index contributed by atoms with van der Waals surface area (Å²) in [6, 6.07) is -0.346. The van der Waals surface area contributed by atoms with Gasteiger partial charge in [0.1, 0.15) is 6.04 Å². The molecule has 0 aromatic rings. The van der Waals surface area contributed by atoms with Crippen molar-refractivity contribution in [2.45, 2.75) is 26.3 Å². The highest BCUT2D eigenvalue weighted by atomic mass is 16.3. The number of hydrogen-bond donors (Lipinski definition) is 1. The number of nitrogens with zero attached hydrogens (tertiary/aromatic N) is 2.